The van der Waals surface area contributed by atoms with Crippen molar-refractivity contribution in [3.63, 3.8) is 0 Å². The molecule has 1 amide bonds. The summed E-state index contributed by atoms with van der Waals surface area (Å²) in [6.45, 7) is 4.81. The van der Waals surface area contributed by atoms with E-state index in [1.165, 1.54) is 0 Å². The summed E-state index contributed by atoms with van der Waals surface area (Å²) in [6, 6.07) is 15.0. The highest BCUT2D eigenvalue weighted by molar-refractivity contribution is 6.13. The van der Waals surface area contributed by atoms with Crippen molar-refractivity contribution in [3.05, 3.63) is 65.4 Å². The first kappa shape index (κ1) is 18.2. The summed E-state index contributed by atoms with van der Waals surface area (Å²) in [6.07, 6.45) is 0. The lowest BCUT2D eigenvalue weighted by atomic mass is 10.0. The number of amides is 1. The van der Waals surface area contributed by atoms with Crippen molar-refractivity contribution in [2.24, 2.45) is 0 Å². The van der Waals surface area contributed by atoms with Gasteiger partial charge in [-0.1, -0.05) is 35.0 Å². The van der Waals surface area contributed by atoms with Gasteiger partial charge in [-0.15, -0.1) is 0 Å². The summed E-state index contributed by atoms with van der Waals surface area (Å²) >= 11 is 0. The number of ether oxygens (including phenoxy) is 2. The van der Waals surface area contributed by atoms with Gasteiger partial charge in [-0.05, 0) is 32.0 Å². The summed E-state index contributed by atoms with van der Waals surface area (Å²) < 4.78 is 16.5. The minimum Gasteiger partial charge on any atom is -0.486 e. The minimum atomic E-state index is -0.279. The quantitative estimate of drug-likeness (QED) is 0.543. The SMILES string of the molecule is Cc1ccc(-c2cc(C(=O)Nc3ccc4c(c3)OCCO4)c3c(C)noc3n2)cc1. The van der Waals surface area contributed by atoms with Gasteiger partial charge in [-0.2, -0.15) is 0 Å². The van der Waals surface area contributed by atoms with Gasteiger partial charge in [0.25, 0.3) is 11.6 Å². The zero-order chi connectivity index (χ0) is 20.7. The molecule has 7 heteroatoms. The summed E-state index contributed by atoms with van der Waals surface area (Å²) in [4.78, 5) is 17.8. The Morgan fingerprint density at radius 2 is 1.73 bits per heavy atom. The molecule has 1 aliphatic rings. The molecule has 0 saturated carbocycles. The predicted octanol–water partition coefficient (Wildman–Crippen LogP) is 4.53. The van der Waals surface area contributed by atoms with E-state index in [1.807, 2.05) is 31.2 Å². The number of nitrogens with one attached hydrogen (secondary N) is 1. The molecule has 0 fully saturated rings. The Labute approximate surface area is 172 Å². The summed E-state index contributed by atoms with van der Waals surface area (Å²) in [5, 5.41) is 7.53. The number of fused-ring (bicyclic) bond motifs is 2. The first-order valence-corrected chi connectivity index (χ1v) is 9.63. The first-order chi connectivity index (χ1) is 14.6. The Bertz CT molecular complexity index is 1260. The molecular weight excluding hydrogens is 382 g/mol. The van der Waals surface area contributed by atoms with Crippen LogP contribution in [-0.4, -0.2) is 29.3 Å². The molecule has 4 aromatic rings. The number of carbonyl (C=O) groups is 1. The lowest BCUT2D eigenvalue weighted by Gasteiger charge is -2.19. The normalized spacial score (nSPS) is 12.7. The van der Waals surface area contributed by atoms with Gasteiger partial charge >= 0.3 is 0 Å². The highest BCUT2D eigenvalue weighted by Crippen LogP contribution is 2.33. The lowest BCUT2D eigenvalue weighted by Crippen LogP contribution is -2.16. The Kier molecular flexibility index (Phi) is 4.35. The van der Waals surface area contributed by atoms with E-state index in [4.69, 9.17) is 14.0 Å². The molecule has 150 valence electrons. The monoisotopic (exact) mass is 401 g/mol. The number of aryl methyl sites for hydroxylation is 2. The van der Waals surface area contributed by atoms with Crippen LogP contribution in [0.5, 0.6) is 11.5 Å². The van der Waals surface area contributed by atoms with Crippen LogP contribution in [0, 0.1) is 13.8 Å². The fourth-order valence-electron chi connectivity index (χ4n) is 3.47. The Morgan fingerprint density at radius 1 is 0.967 bits per heavy atom. The molecule has 0 spiro atoms. The van der Waals surface area contributed by atoms with Crippen LogP contribution in [0.2, 0.25) is 0 Å². The molecule has 3 heterocycles. The van der Waals surface area contributed by atoms with E-state index in [0.29, 0.717) is 58.5 Å². The molecule has 0 saturated heterocycles. The molecule has 0 aliphatic carbocycles. The molecule has 1 N–H and O–H groups in total. The molecule has 2 aromatic carbocycles. The molecule has 0 bridgehead atoms. The van der Waals surface area contributed by atoms with Gasteiger partial charge < -0.3 is 19.3 Å². The van der Waals surface area contributed by atoms with Gasteiger partial charge in [-0.25, -0.2) is 4.98 Å². The molecule has 1 aliphatic heterocycles. The first-order valence-electron chi connectivity index (χ1n) is 9.63. The third-order valence-corrected chi connectivity index (χ3v) is 5.01. The largest absolute Gasteiger partial charge is 0.486 e. The van der Waals surface area contributed by atoms with Crippen molar-refractivity contribution < 1.29 is 18.8 Å². The minimum absolute atomic E-state index is 0.279. The van der Waals surface area contributed by atoms with Crippen LogP contribution in [0.1, 0.15) is 21.6 Å². The third-order valence-electron chi connectivity index (χ3n) is 5.01. The second-order valence-electron chi connectivity index (χ2n) is 7.18. The van der Waals surface area contributed by atoms with Crippen LogP contribution in [0.4, 0.5) is 5.69 Å². The highest BCUT2D eigenvalue weighted by Gasteiger charge is 2.20. The number of rotatable bonds is 3. The van der Waals surface area contributed by atoms with Crippen LogP contribution in [0.3, 0.4) is 0 Å². The number of hydrogen-bond acceptors (Lipinski definition) is 6. The third kappa shape index (κ3) is 3.24. The molecular formula is C23H19N3O4. The maximum atomic E-state index is 13.2. The van der Waals surface area contributed by atoms with Crippen molar-refractivity contribution >= 4 is 22.7 Å². The number of carbonyl (C=O) groups excluding carboxylic acids is 1. The van der Waals surface area contributed by atoms with E-state index in [-0.39, 0.29) is 5.91 Å². The van der Waals surface area contributed by atoms with Crippen LogP contribution in [0.25, 0.3) is 22.4 Å². The summed E-state index contributed by atoms with van der Waals surface area (Å²) in [5.74, 6) is 1.00. The van der Waals surface area contributed by atoms with Crippen molar-refractivity contribution in [2.45, 2.75) is 13.8 Å². The molecule has 2 aromatic heterocycles. The zero-order valence-electron chi connectivity index (χ0n) is 16.6. The summed E-state index contributed by atoms with van der Waals surface area (Å²) in [7, 11) is 0. The van der Waals surface area contributed by atoms with Crippen LogP contribution >= 0.6 is 0 Å². The fraction of sp³-hybridized carbons (Fsp3) is 0.174. The topological polar surface area (TPSA) is 86.5 Å². The standard InChI is InChI=1S/C23H19N3O4/c1-13-3-5-15(6-4-13)18-12-17(21-14(2)26-30-23(21)25-18)22(27)24-16-7-8-19-20(11-16)29-10-9-28-19/h3-8,11-12H,9-10H2,1-2H3,(H,24,27). The van der Waals surface area contributed by atoms with Gasteiger partial charge in [0.05, 0.1) is 22.3 Å². The van der Waals surface area contributed by atoms with Crippen molar-refractivity contribution in [1.29, 1.82) is 0 Å². The van der Waals surface area contributed by atoms with Crippen molar-refractivity contribution in [2.75, 3.05) is 18.5 Å². The van der Waals surface area contributed by atoms with E-state index in [2.05, 4.69) is 15.5 Å². The Morgan fingerprint density at radius 3 is 2.53 bits per heavy atom. The predicted molar refractivity (Wildman–Crippen MR) is 112 cm³/mol. The smallest absolute Gasteiger partial charge is 0.259 e. The average Bonchev–Trinajstić information content (AvgIpc) is 3.14. The number of anilines is 1. The second-order valence-corrected chi connectivity index (χ2v) is 7.18. The molecule has 0 unspecified atom stereocenters. The van der Waals surface area contributed by atoms with E-state index >= 15 is 0 Å². The maximum absolute atomic E-state index is 13.2. The Balaban J connectivity index is 1.54. The van der Waals surface area contributed by atoms with Gasteiger partial charge in [0.1, 0.15) is 13.2 Å². The second kappa shape index (κ2) is 7.18. The van der Waals surface area contributed by atoms with E-state index < -0.39 is 0 Å². The van der Waals surface area contributed by atoms with Gasteiger partial charge in [0.15, 0.2) is 11.5 Å². The van der Waals surface area contributed by atoms with Crippen LogP contribution < -0.4 is 14.8 Å². The maximum Gasteiger partial charge on any atom is 0.259 e. The molecule has 0 atom stereocenters. The number of nitrogens with zero attached hydrogens (tertiary/aromatic N) is 2. The van der Waals surface area contributed by atoms with E-state index in [0.717, 1.165) is 11.1 Å². The van der Waals surface area contributed by atoms with Gasteiger partial charge in [-0.3, -0.25) is 4.79 Å². The van der Waals surface area contributed by atoms with Crippen molar-refractivity contribution in [3.8, 4) is 22.8 Å². The van der Waals surface area contributed by atoms with Crippen molar-refractivity contribution in [1.82, 2.24) is 10.1 Å². The highest BCUT2D eigenvalue weighted by atomic mass is 16.6. The van der Waals surface area contributed by atoms with Gasteiger partial charge in [0, 0.05) is 17.3 Å². The average molecular weight is 401 g/mol. The fourth-order valence-corrected chi connectivity index (χ4v) is 3.47. The number of hydrogen-bond donors (Lipinski definition) is 1. The van der Waals surface area contributed by atoms with Crippen LogP contribution in [-0.2, 0) is 0 Å². The van der Waals surface area contributed by atoms with Crippen LogP contribution in [0.15, 0.2) is 53.1 Å². The van der Waals surface area contributed by atoms with Gasteiger partial charge in [0.2, 0.25) is 0 Å². The number of aromatic nitrogens is 2. The molecule has 7 nitrogen and oxygen atoms in total. The Hall–Kier alpha value is -3.87. The number of benzene rings is 2. The number of pyridine rings is 1. The van der Waals surface area contributed by atoms with E-state index in [1.54, 1.807) is 31.2 Å². The molecule has 0 radical (unpaired) electrons. The molecule has 5 rings (SSSR count). The molecule has 30 heavy (non-hydrogen) atoms. The van der Waals surface area contributed by atoms with E-state index in [9.17, 15) is 4.79 Å². The lowest BCUT2D eigenvalue weighted by molar-refractivity contribution is 0.102. The zero-order valence-corrected chi connectivity index (χ0v) is 16.6. The summed E-state index contributed by atoms with van der Waals surface area (Å²) in [5.41, 5.74) is 4.69.